The van der Waals surface area contributed by atoms with E-state index in [0.717, 1.165) is 50.1 Å². The summed E-state index contributed by atoms with van der Waals surface area (Å²) in [6, 6.07) is 6.19. The van der Waals surface area contributed by atoms with Gasteiger partial charge in [-0.25, -0.2) is 4.68 Å². The maximum Gasteiger partial charge on any atom is 0.222 e. The topological polar surface area (TPSA) is 64.9 Å². The van der Waals surface area contributed by atoms with Gasteiger partial charge in [0.05, 0.1) is 18.3 Å². The van der Waals surface area contributed by atoms with Gasteiger partial charge in [-0.2, -0.15) is 10.1 Å². The second-order valence-corrected chi connectivity index (χ2v) is 5.28. The predicted octanol–water partition coefficient (Wildman–Crippen LogP) is 1.58. The molecule has 2 aromatic heterocycles. The molecule has 104 valence electrons. The second-order valence-electron chi connectivity index (χ2n) is 5.28. The molecule has 6 heteroatoms. The molecule has 2 atom stereocenters. The van der Waals surface area contributed by atoms with E-state index >= 15 is 0 Å². The Hall–Kier alpha value is -1.95. The fourth-order valence-electron chi connectivity index (χ4n) is 2.88. The Morgan fingerprint density at radius 2 is 2.30 bits per heavy atom. The molecule has 20 heavy (non-hydrogen) atoms. The zero-order valence-corrected chi connectivity index (χ0v) is 11.2. The van der Waals surface area contributed by atoms with Crippen LogP contribution in [0.4, 0.5) is 5.95 Å². The molecule has 0 saturated carbocycles. The molecule has 1 fully saturated rings. The lowest BCUT2D eigenvalue weighted by molar-refractivity contribution is 0.193. The Labute approximate surface area is 117 Å². The number of rotatable bonds is 2. The molecule has 0 amide bonds. The fraction of sp³-hybridized carbons (Fsp3) is 0.500. The summed E-state index contributed by atoms with van der Waals surface area (Å²) in [5, 5.41) is 8.04. The third kappa shape index (κ3) is 1.96. The van der Waals surface area contributed by atoms with Gasteiger partial charge in [0.2, 0.25) is 5.95 Å². The van der Waals surface area contributed by atoms with Gasteiger partial charge >= 0.3 is 0 Å². The Kier molecular flexibility index (Phi) is 2.88. The molecule has 0 spiro atoms. The van der Waals surface area contributed by atoms with Crippen LogP contribution in [0.2, 0.25) is 0 Å². The average Bonchev–Trinajstić information content (AvgIpc) is 3.16. The Morgan fingerprint density at radius 3 is 3.10 bits per heavy atom. The Balaban J connectivity index is 1.70. The summed E-state index contributed by atoms with van der Waals surface area (Å²) in [4.78, 5) is 9.11. The highest BCUT2D eigenvalue weighted by atomic mass is 16.5. The quantitative estimate of drug-likeness (QED) is 0.898. The van der Waals surface area contributed by atoms with Gasteiger partial charge in [0.1, 0.15) is 0 Å². The third-order valence-electron chi connectivity index (χ3n) is 3.97. The zero-order valence-electron chi connectivity index (χ0n) is 11.2. The van der Waals surface area contributed by atoms with Crippen molar-refractivity contribution in [2.45, 2.75) is 24.8 Å². The molecule has 1 N–H and O–H groups in total. The second kappa shape index (κ2) is 4.86. The number of hydrogen-bond donors (Lipinski definition) is 1. The van der Waals surface area contributed by atoms with E-state index in [0.29, 0.717) is 5.92 Å². The predicted molar refractivity (Wildman–Crippen MR) is 73.7 cm³/mol. The smallest absolute Gasteiger partial charge is 0.222 e. The SMILES string of the molecule is c1ccc(C2CCNc3nc(C4CCOC4)nn32)nc1. The van der Waals surface area contributed by atoms with Gasteiger partial charge in [-0.3, -0.25) is 4.98 Å². The zero-order chi connectivity index (χ0) is 13.4. The van der Waals surface area contributed by atoms with Crippen molar-refractivity contribution in [3.63, 3.8) is 0 Å². The number of ether oxygens (including phenoxy) is 1. The van der Waals surface area contributed by atoms with E-state index in [1.165, 1.54) is 0 Å². The molecule has 2 aliphatic rings. The lowest BCUT2D eigenvalue weighted by atomic mass is 10.1. The van der Waals surface area contributed by atoms with Crippen molar-refractivity contribution in [2.24, 2.45) is 0 Å². The minimum absolute atomic E-state index is 0.177. The molecular formula is C14H17N5O. The molecule has 0 bridgehead atoms. The number of hydrogen-bond acceptors (Lipinski definition) is 5. The lowest BCUT2D eigenvalue weighted by Crippen LogP contribution is -2.25. The van der Waals surface area contributed by atoms with Crippen molar-refractivity contribution in [3.8, 4) is 0 Å². The van der Waals surface area contributed by atoms with E-state index in [1.807, 2.05) is 23.0 Å². The maximum absolute atomic E-state index is 5.43. The van der Waals surface area contributed by atoms with Crippen molar-refractivity contribution in [2.75, 3.05) is 25.1 Å². The van der Waals surface area contributed by atoms with E-state index < -0.39 is 0 Å². The average molecular weight is 271 g/mol. The summed E-state index contributed by atoms with van der Waals surface area (Å²) in [7, 11) is 0. The number of nitrogens with zero attached hydrogens (tertiary/aromatic N) is 4. The summed E-state index contributed by atoms with van der Waals surface area (Å²) in [5.41, 5.74) is 1.05. The van der Waals surface area contributed by atoms with Crippen LogP contribution in [0, 0.1) is 0 Å². The van der Waals surface area contributed by atoms with Crippen molar-refractivity contribution in [3.05, 3.63) is 35.9 Å². The standard InChI is InChI=1S/C14H17N5O/c1-2-6-15-11(3-1)12-4-7-16-14-17-13(18-19(12)14)10-5-8-20-9-10/h1-3,6,10,12H,4-5,7-9H2,(H,16,17,18). The van der Waals surface area contributed by atoms with E-state index in [4.69, 9.17) is 9.84 Å². The van der Waals surface area contributed by atoms with Gasteiger partial charge < -0.3 is 10.1 Å². The highest BCUT2D eigenvalue weighted by Crippen LogP contribution is 2.30. The number of fused-ring (bicyclic) bond motifs is 1. The van der Waals surface area contributed by atoms with E-state index in [1.54, 1.807) is 0 Å². The molecule has 0 aromatic carbocycles. The van der Waals surface area contributed by atoms with Crippen LogP contribution in [-0.4, -0.2) is 39.5 Å². The van der Waals surface area contributed by atoms with Crippen LogP contribution >= 0.6 is 0 Å². The van der Waals surface area contributed by atoms with Gasteiger partial charge in [-0.05, 0) is 25.0 Å². The van der Waals surface area contributed by atoms with Crippen LogP contribution in [-0.2, 0) is 4.74 Å². The first-order valence-corrected chi connectivity index (χ1v) is 7.11. The molecule has 2 unspecified atom stereocenters. The summed E-state index contributed by atoms with van der Waals surface area (Å²) >= 11 is 0. The van der Waals surface area contributed by atoms with Crippen LogP contribution in [0.1, 0.15) is 36.3 Å². The van der Waals surface area contributed by atoms with Gasteiger partial charge in [-0.15, -0.1) is 0 Å². The van der Waals surface area contributed by atoms with Crippen molar-refractivity contribution < 1.29 is 4.74 Å². The lowest BCUT2D eigenvalue weighted by Gasteiger charge is -2.23. The third-order valence-corrected chi connectivity index (χ3v) is 3.97. The summed E-state index contributed by atoms with van der Waals surface area (Å²) < 4.78 is 7.42. The first-order valence-electron chi connectivity index (χ1n) is 7.11. The van der Waals surface area contributed by atoms with E-state index in [-0.39, 0.29) is 6.04 Å². The van der Waals surface area contributed by atoms with Crippen LogP contribution in [0.15, 0.2) is 24.4 Å². The molecule has 4 rings (SSSR count). The molecule has 2 aromatic rings. The fourth-order valence-corrected chi connectivity index (χ4v) is 2.88. The van der Waals surface area contributed by atoms with Gasteiger partial charge in [0, 0.05) is 25.3 Å². The molecule has 1 saturated heterocycles. The van der Waals surface area contributed by atoms with Crippen molar-refractivity contribution in [1.29, 1.82) is 0 Å². The normalized spacial score (nSPS) is 25.2. The number of pyridine rings is 1. The first-order chi connectivity index (χ1) is 9.92. The van der Waals surface area contributed by atoms with Crippen molar-refractivity contribution in [1.82, 2.24) is 19.7 Å². The number of anilines is 1. The minimum atomic E-state index is 0.177. The van der Waals surface area contributed by atoms with Crippen LogP contribution in [0.5, 0.6) is 0 Å². The first kappa shape index (κ1) is 11.8. The Bertz CT molecular complexity index is 591. The highest BCUT2D eigenvalue weighted by Gasteiger charge is 2.29. The Morgan fingerprint density at radius 1 is 1.30 bits per heavy atom. The van der Waals surface area contributed by atoms with E-state index in [2.05, 4.69) is 21.4 Å². The molecule has 4 heterocycles. The van der Waals surface area contributed by atoms with Gasteiger partial charge in [-0.1, -0.05) is 6.07 Å². The van der Waals surface area contributed by atoms with Gasteiger partial charge in [0.15, 0.2) is 5.82 Å². The van der Waals surface area contributed by atoms with Crippen LogP contribution in [0.3, 0.4) is 0 Å². The summed E-state index contributed by atoms with van der Waals surface area (Å²) in [6.45, 7) is 2.45. The number of aromatic nitrogens is 4. The molecular weight excluding hydrogens is 254 g/mol. The maximum atomic E-state index is 5.43. The molecule has 0 aliphatic carbocycles. The van der Waals surface area contributed by atoms with Gasteiger partial charge in [0.25, 0.3) is 0 Å². The number of nitrogens with one attached hydrogen (secondary N) is 1. The summed E-state index contributed by atoms with van der Waals surface area (Å²) in [6.07, 6.45) is 3.82. The van der Waals surface area contributed by atoms with E-state index in [9.17, 15) is 0 Å². The van der Waals surface area contributed by atoms with Crippen molar-refractivity contribution >= 4 is 5.95 Å². The monoisotopic (exact) mass is 271 g/mol. The molecule has 6 nitrogen and oxygen atoms in total. The van der Waals surface area contributed by atoms with Crippen LogP contribution < -0.4 is 5.32 Å². The van der Waals surface area contributed by atoms with Crippen LogP contribution in [0.25, 0.3) is 0 Å². The largest absolute Gasteiger partial charge is 0.381 e. The molecule has 0 radical (unpaired) electrons. The summed E-state index contributed by atoms with van der Waals surface area (Å²) in [5.74, 6) is 2.08. The molecule has 2 aliphatic heterocycles. The highest BCUT2D eigenvalue weighted by molar-refractivity contribution is 5.31. The minimum Gasteiger partial charge on any atom is -0.381 e.